The second kappa shape index (κ2) is 4.02. The third-order valence-corrected chi connectivity index (χ3v) is 2.64. The molecule has 1 heterocycles. The van der Waals surface area contributed by atoms with Crippen molar-refractivity contribution in [3.63, 3.8) is 0 Å². The first-order valence-electron chi connectivity index (χ1n) is 4.97. The highest BCUT2D eigenvalue weighted by molar-refractivity contribution is 5.89. The second-order valence-electron chi connectivity index (χ2n) is 3.82. The summed E-state index contributed by atoms with van der Waals surface area (Å²) in [6.45, 7) is 0. The van der Waals surface area contributed by atoms with Crippen LogP contribution >= 0.6 is 0 Å². The summed E-state index contributed by atoms with van der Waals surface area (Å²) in [7, 11) is 0. The molecule has 0 saturated carbocycles. The van der Waals surface area contributed by atoms with Gasteiger partial charge in [0.15, 0.2) is 0 Å². The fourth-order valence-electron chi connectivity index (χ4n) is 1.71. The van der Waals surface area contributed by atoms with Gasteiger partial charge in [-0.05, 0) is 18.2 Å². The number of carboxylic acid groups (broad SMARTS) is 1. The van der Waals surface area contributed by atoms with E-state index >= 15 is 0 Å². The quantitative estimate of drug-likeness (QED) is 0.773. The first-order valence-corrected chi connectivity index (χ1v) is 4.97. The molecule has 1 unspecified atom stereocenters. The first-order chi connectivity index (χ1) is 8.30. The van der Waals surface area contributed by atoms with Crippen LogP contribution in [0.2, 0.25) is 0 Å². The van der Waals surface area contributed by atoms with E-state index in [2.05, 4.69) is 4.98 Å². The van der Waals surface area contributed by atoms with Gasteiger partial charge in [-0.25, -0.2) is 0 Å². The number of nitrogens with two attached hydrogens (primary N) is 1. The zero-order valence-electron chi connectivity index (χ0n) is 8.95. The van der Waals surface area contributed by atoms with Gasteiger partial charge in [-0.15, -0.1) is 0 Å². The number of hydrogen-bond acceptors (Lipinski definition) is 2. The topological polar surface area (TPSA) is 79.1 Å². The van der Waals surface area contributed by atoms with Crippen molar-refractivity contribution in [3.05, 3.63) is 35.5 Å². The second-order valence-corrected chi connectivity index (χ2v) is 3.82. The van der Waals surface area contributed by atoms with Crippen molar-refractivity contribution in [1.29, 1.82) is 0 Å². The molecule has 4 N–H and O–H groups in total. The Hall–Kier alpha value is -2.02. The number of aromatic nitrogens is 1. The molecule has 0 amide bonds. The van der Waals surface area contributed by atoms with Crippen molar-refractivity contribution in [1.82, 2.24) is 4.98 Å². The van der Waals surface area contributed by atoms with E-state index in [-0.39, 0.29) is 10.9 Å². The lowest BCUT2D eigenvalue weighted by atomic mass is 10.0. The average Bonchev–Trinajstić information content (AvgIpc) is 2.69. The van der Waals surface area contributed by atoms with Crippen LogP contribution in [0.1, 0.15) is 17.2 Å². The van der Waals surface area contributed by atoms with Crippen molar-refractivity contribution in [2.24, 2.45) is 5.73 Å². The fraction of sp³-hybridized carbons (Fsp3) is 0.182. The summed E-state index contributed by atoms with van der Waals surface area (Å²) in [5.41, 5.74) is 5.11. The molecule has 0 fully saturated rings. The summed E-state index contributed by atoms with van der Waals surface area (Å²) >= 11 is 0. The molecular formula is C11H9F3N2O2. The van der Waals surface area contributed by atoms with Gasteiger partial charge in [0.1, 0.15) is 6.04 Å². The maximum absolute atomic E-state index is 12.6. The molecule has 0 aliphatic heterocycles. The Balaban J connectivity index is 2.60. The molecule has 0 aliphatic rings. The molecule has 1 atom stereocenters. The van der Waals surface area contributed by atoms with E-state index < -0.39 is 23.8 Å². The van der Waals surface area contributed by atoms with Crippen LogP contribution in [0.4, 0.5) is 13.2 Å². The minimum atomic E-state index is -4.48. The SMILES string of the molecule is NC(C(=O)O)c1c[nH]c2ccc(C(F)(F)F)cc12. The highest BCUT2D eigenvalue weighted by Crippen LogP contribution is 2.33. The summed E-state index contributed by atoms with van der Waals surface area (Å²) < 4.78 is 37.7. The van der Waals surface area contributed by atoms with Crippen LogP contribution in [0.25, 0.3) is 10.9 Å². The normalized spacial score (nSPS) is 13.8. The number of alkyl halides is 3. The smallest absolute Gasteiger partial charge is 0.416 e. The Labute approximate surface area is 99.2 Å². The van der Waals surface area contributed by atoms with Gasteiger partial charge in [0.05, 0.1) is 5.56 Å². The molecule has 0 radical (unpaired) electrons. The van der Waals surface area contributed by atoms with E-state index in [0.29, 0.717) is 5.52 Å². The van der Waals surface area contributed by atoms with Crippen LogP contribution in [0, 0.1) is 0 Å². The molecule has 2 aromatic rings. The van der Waals surface area contributed by atoms with Gasteiger partial charge < -0.3 is 15.8 Å². The van der Waals surface area contributed by atoms with E-state index in [1.165, 1.54) is 12.3 Å². The molecule has 2 rings (SSSR count). The highest BCUT2D eigenvalue weighted by Gasteiger charge is 2.31. The first kappa shape index (κ1) is 12.4. The molecule has 0 bridgehead atoms. The molecule has 1 aromatic carbocycles. The molecule has 1 aromatic heterocycles. The lowest BCUT2D eigenvalue weighted by molar-refractivity contribution is -0.139. The minimum absolute atomic E-state index is 0.128. The van der Waals surface area contributed by atoms with Crippen molar-refractivity contribution < 1.29 is 23.1 Å². The lowest BCUT2D eigenvalue weighted by Crippen LogP contribution is -2.20. The molecule has 96 valence electrons. The Morgan fingerprint density at radius 2 is 2.06 bits per heavy atom. The van der Waals surface area contributed by atoms with Crippen LogP contribution in [-0.2, 0) is 11.0 Å². The predicted octanol–water partition coefficient (Wildman–Crippen LogP) is 2.27. The number of carboxylic acids is 1. The van der Waals surface area contributed by atoms with E-state index in [1.54, 1.807) is 0 Å². The molecule has 4 nitrogen and oxygen atoms in total. The number of hydrogen-bond donors (Lipinski definition) is 3. The zero-order valence-corrected chi connectivity index (χ0v) is 8.95. The predicted molar refractivity (Wildman–Crippen MR) is 57.9 cm³/mol. The van der Waals surface area contributed by atoms with Gasteiger partial charge in [-0.3, -0.25) is 4.79 Å². The number of aliphatic carboxylic acids is 1. The third-order valence-electron chi connectivity index (χ3n) is 2.64. The summed E-state index contributed by atoms with van der Waals surface area (Å²) in [5, 5.41) is 8.95. The number of aromatic amines is 1. The maximum atomic E-state index is 12.6. The number of carbonyl (C=O) groups is 1. The van der Waals surface area contributed by atoms with Gasteiger partial charge in [0.25, 0.3) is 0 Å². The van der Waals surface area contributed by atoms with Crippen LogP contribution in [0.5, 0.6) is 0 Å². The summed E-state index contributed by atoms with van der Waals surface area (Å²) in [4.78, 5) is 13.5. The number of benzene rings is 1. The van der Waals surface area contributed by atoms with Crippen LogP contribution in [-0.4, -0.2) is 16.1 Å². The number of H-pyrrole nitrogens is 1. The van der Waals surface area contributed by atoms with Crippen molar-refractivity contribution in [2.75, 3.05) is 0 Å². The van der Waals surface area contributed by atoms with E-state index in [1.807, 2.05) is 0 Å². The zero-order chi connectivity index (χ0) is 13.5. The van der Waals surface area contributed by atoms with Crippen molar-refractivity contribution in [2.45, 2.75) is 12.2 Å². The molecule has 18 heavy (non-hydrogen) atoms. The number of fused-ring (bicyclic) bond motifs is 1. The molecule has 7 heteroatoms. The van der Waals surface area contributed by atoms with E-state index in [4.69, 9.17) is 10.8 Å². The van der Waals surface area contributed by atoms with Gasteiger partial charge in [0, 0.05) is 22.7 Å². The highest BCUT2D eigenvalue weighted by atomic mass is 19.4. The Morgan fingerprint density at radius 1 is 1.39 bits per heavy atom. The number of rotatable bonds is 2. The average molecular weight is 258 g/mol. The third kappa shape index (κ3) is 2.04. The standard InChI is InChI=1S/C11H9F3N2O2/c12-11(13,14)5-1-2-8-6(3-5)7(4-16-8)9(15)10(17)18/h1-4,9,16H,15H2,(H,17,18). The molecular weight excluding hydrogens is 249 g/mol. The Kier molecular flexibility index (Phi) is 2.78. The largest absolute Gasteiger partial charge is 0.480 e. The van der Waals surface area contributed by atoms with E-state index in [9.17, 15) is 18.0 Å². The summed E-state index contributed by atoms with van der Waals surface area (Å²) in [5.74, 6) is -1.30. The van der Waals surface area contributed by atoms with E-state index in [0.717, 1.165) is 12.1 Å². The van der Waals surface area contributed by atoms with Crippen LogP contribution in [0.3, 0.4) is 0 Å². The van der Waals surface area contributed by atoms with Gasteiger partial charge in [-0.2, -0.15) is 13.2 Å². The monoisotopic (exact) mass is 258 g/mol. The van der Waals surface area contributed by atoms with Gasteiger partial charge in [0.2, 0.25) is 0 Å². The minimum Gasteiger partial charge on any atom is -0.480 e. The molecule has 0 aliphatic carbocycles. The maximum Gasteiger partial charge on any atom is 0.416 e. The van der Waals surface area contributed by atoms with Crippen LogP contribution < -0.4 is 5.73 Å². The van der Waals surface area contributed by atoms with Crippen molar-refractivity contribution >= 4 is 16.9 Å². The number of nitrogens with one attached hydrogen (secondary N) is 1. The Bertz CT molecular complexity index is 604. The Morgan fingerprint density at radius 3 is 2.61 bits per heavy atom. The summed E-state index contributed by atoms with van der Waals surface area (Å²) in [6.07, 6.45) is -3.17. The van der Waals surface area contributed by atoms with Gasteiger partial charge in [-0.1, -0.05) is 0 Å². The fourth-order valence-corrected chi connectivity index (χ4v) is 1.71. The van der Waals surface area contributed by atoms with Gasteiger partial charge >= 0.3 is 12.1 Å². The number of halogens is 3. The van der Waals surface area contributed by atoms with Crippen LogP contribution in [0.15, 0.2) is 24.4 Å². The summed E-state index contributed by atoms with van der Waals surface area (Å²) in [6, 6.07) is 1.71. The van der Waals surface area contributed by atoms with Crippen molar-refractivity contribution in [3.8, 4) is 0 Å². The molecule has 0 spiro atoms. The molecule has 0 saturated heterocycles. The lowest BCUT2D eigenvalue weighted by Gasteiger charge is -2.08.